The Morgan fingerprint density at radius 3 is 1.11 bits per heavy atom. The number of halogens is 5. The molecule has 0 saturated heterocycles. The van der Waals surface area contributed by atoms with E-state index in [1.165, 1.54) is 10.4 Å². The predicted octanol–water partition coefficient (Wildman–Crippen LogP) is 26.2. The lowest BCUT2D eigenvalue weighted by Crippen LogP contribution is -2.44. The fraction of sp³-hybridized carbons (Fsp3) is 0.236. The zero-order chi connectivity index (χ0) is 94.9. The summed E-state index contributed by atoms with van der Waals surface area (Å²) in [5.74, 6) is 4.55. The zero-order valence-electron chi connectivity index (χ0n) is 73.3. The summed E-state index contributed by atoms with van der Waals surface area (Å²) in [5.41, 5.74) is 8.40. The second-order valence-corrected chi connectivity index (χ2v) is 37.6. The minimum absolute atomic E-state index is 0. The Bertz CT molecular complexity index is 6030. The van der Waals surface area contributed by atoms with Crippen molar-refractivity contribution in [3.05, 3.63) is 403 Å². The van der Waals surface area contributed by atoms with Crippen molar-refractivity contribution >= 4 is 122 Å². The van der Waals surface area contributed by atoms with Crippen molar-refractivity contribution in [3.63, 3.8) is 0 Å². The molecule has 141 heavy (non-hydrogen) atoms. The molecule has 0 aliphatic carbocycles. The molecule has 736 valence electrons. The normalized spacial score (nSPS) is 15.4. The summed E-state index contributed by atoms with van der Waals surface area (Å²) in [7, 11) is 0. The first-order chi connectivity index (χ1) is 66.0. The SMILES string of the molecule is C.C.C.C.C.Cc1nc2c(s1)C(COc1ccc(O)cc1)N(C(=O)c1cccc(Cl)c1)CC2.O=C(c1cccc(Cl)c1)N1CCc2ccoc2C1COc1ccc(O)cc1.O=C(c1cccc(Cl)c1)N1CCc2ccsc2C1COc1ccc(O)cc1.O=C(c1cccc(Cl)c1)N1CCc2sccc2C1COc1ccc(O)cc1.O=C(c1cccc(Cl)c1)N1CCn2cccc2C1COc1ccc(O)cc1. The molecule has 0 saturated carbocycles. The Morgan fingerprint density at radius 1 is 0.355 bits per heavy atom. The summed E-state index contributed by atoms with van der Waals surface area (Å²) in [6, 6.07) is 76.9. The van der Waals surface area contributed by atoms with E-state index in [2.05, 4.69) is 32.4 Å². The average molecular weight is 2060 g/mol. The first-order valence-electron chi connectivity index (χ1n) is 43.7. The van der Waals surface area contributed by atoms with Crippen LogP contribution in [0.15, 0.2) is 301 Å². The number of fused-ring (bicyclic) bond motifs is 5. The molecule has 5 amide bonds. The molecular weight excluding hydrogens is 1950 g/mol. The number of benzene rings is 10. The molecule has 10 aromatic carbocycles. The molecule has 0 spiro atoms. The number of nitrogens with zero attached hydrogens (tertiary/aromatic N) is 7. The molecular formula is C110H112Cl5N7O16S3. The van der Waals surface area contributed by atoms with Crippen LogP contribution in [0.25, 0.3) is 0 Å². The third-order valence-corrected chi connectivity index (χ3v) is 27.8. The molecule has 23 nitrogen and oxygen atoms in total. The van der Waals surface area contributed by atoms with E-state index in [-0.39, 0.29) is 132 Å². The van der Waals surface area contributed by atoms with Crippen molar-refractivity contribution in [2.24, 2.45) is 0 Å². The summed E-state index contributed by atoms with van der Waals surface area (Å²) in [4.78, 5) is 83.0. The highest BCUT2D eigenvalue weighted by Gasteiger charge is 2.40. The fourth-order valence-electron chi connectivity index (χ4n) is 16.7. The minimum atomic E-state index is -0.343. The number of thiazole rings is 1. The summed E-state index contributed by atoms with van der Waals surface area (Å²) < 4.78 is 37.5. The van der Waals surface area contributed by atoms with Gasteiger partial charge in [0.25, 0.3) is 29.5 Å². The van der Waals surface area contributed by atoms with Gasteiger partial charge in [-0.25, -0.2) is 4.98 Å². The van der Waals surface area contributed by atoms with Gasteiger partial charge in [0.15, 0.2) is 0 Å². The number of carbonyl (C=O) groups is 5. The van der Waals surface area contributed by atoms with E-state index in [4.69, 9.17) is 86.1 Å². The highest BCUT2D eigenvalue weighted by atomic mass is 35.5. The van der Waals surface area contributed by atoms with Gasteiger partial charge in [-0.2, -0.15) is 0 Å². The Kier molecular flexibility index (Phi) is 38.8. The molecule has 5 N–H and O–H groups in total. The molecule has 20 rings (SSSR count). The molecule has 0 bridgehead atoms. The van der Waals surface area contributed by atoms with Gasteiger partial charge >= 0.3 is 0 Å². The van der Waals surface area contributed by atoms with Crippen LogP contribution in [0.2, 0.25) is 25.1 Å². The molecule has 5 aliphatic rings. The Labute approximate surface area is 859 Å². The Hall–Kier alpha value is -13.4. The van der Waals surface area contributed by atoms with Crippen LogP contribution in [0.3, 0.4) is 0 Å². The van der Waals surface area contributed by atoms with E-state index >= 15 is 0 Å². The van der Waals surface area contributed by atoms with Crippen molar-refractivity contribution < 1.29 is 77.6 Å². The Balaban J connectivity index is 0.000000167. The van der Waals surface area contributed by atoms with Gasteiger partial charge in [0.1, 0.15) is 120 Å². The standard InChI is InChI=1S/C21H19ClN2O3S.C21H19ClN2O3.C21H18ClNO4.2C21H18ClNO3S.5CH4/c1-13-23-18-9-10-24(21(26)14-3-2-4-15(22)11-14)19(20(18)28-13)12-27-17-7-5-16(25)6-8-17;22-16-4-1-3-15(13-16)21(26)24-12-11-23-10-2-5-19(23)20(24)14-27-18-8-6-17(25)7-9-18;22-16-3-1-2-15(12-16)21(25)23-10-8-14-9-11-26-20(14)19(23)13-27-18-6-4-17(24)5-7-18;22-16-3-1-2-15(12-16)21(25)23-10-8-14-9-11-27-20(14)19(23)13-26-18-6-4-17(24)5-7-18;22-15-3-1-2-14(12-15)21(25)23-10-8-20-18(9-11-27-20)19(23)13-26-17-6-4-16(24)5-7-17;;;;;/h2-8,11,19,25H,9-10,12H2,1H3;1-10,13,20,25H,11-12,14H2;3*1-7,9,11-12,19,24H,8,10,13H2;5*1H4. The third-order valence-electron chi connectivity index (χ3n) is 23.4. The largest absolute Gasteiger partial charge is 0.508 e. The van der Waals surface area contributed by atoms with E-state index in [0.29, 0.717) is 141 Å². The first-order valence-corrected chi connectivity index (χ1v) is 48.2. The smallest absolute Gasteiger partial charge is 0.254 e. The van der Waals surface area contributed by atoms with E-state index in [1.807, 2.05) is 50.9 Å². The van der Waals surface area contributed by atoms with Crippen LogP contribution >= 0.6 is 92.0 Å². The number of hydrogen-bond acceptors (Lipinski definition) is 20. The summed E-state index contributed by atoms with van der Waals surface area (Å²) >= 11 is 35.3. The number of furan rings is 1. The van der Waals surface area contributed by atoms with E-state index < -0.39 is 0 Å². The van der Waals surface area contributed by atoms with Crippen LogP contribution in [0.4, 0.5) is 0 Å². The van der Waals surface area contributed by atoms with Crippen molar-refractivity contribution in [1.82, 2.24) is 34.1 Å². The number of aryl methyl sites for hydroxylation is 1. The highest BCUT2D eigenvalue weighted by Crippen LogP contribution is 2.42. The van der Waals surface area contributed by atoms with E-state index in [9.17, 15) is 49.5 Å². The van der Waals surface area contributed by atoms with Gasteiger partial charge in [0, 0.05) is 120 Å². The van der Waals surface area contributed by atoms with Crippen molar-refractivity contribution in [2.75, 3.05) is 65.8 Å². The van der Waals surface area contributed by atoms with Gasteiger partial charge in [0.05, 0.1) is 27.9 Å². The second-order valence-electron chi connectivity index (χ2n) is 32.2. The molecule has 5 aliphatic heterocycles. The van der Waals surface area contributed by atoms with Crippen molar-refractivity contribution in [1.29, 1.82) is 0 Å². The number of aromatic hydroxyl groups is 5. The fourth-order valence-corrected chi connectivity index (χ4v) is 20.7. The number of thiophene rings is 2. The summed E-state index contributed by atoms with van der Waals surface area (Å²) in [5, 5.41) is 54.9. The molecule has 31 heteroatoms. The number of amides is 5. The number of carbonyl (C=O) groups excluding carboxylic acids is 5. The quantitative estimate of drug-likeness (QED) is 0.0474. The maximum atomic E-state index is 13.2. The van der Waals surface area contributed by atoms with Crippen LogP contribution in [-0.2, 0) is 32.2 Å². The first kappa shape index (κ1) is 108. The molecule has 0 fully saturated rings. The van der Waals surface area contributed by atoms with Gasteiger partial charge in [0.2, 0.25) is 0 Å². The molecule has 10 heterocycles. The van der Waals surface area contributed by atoms with Gasteiger partial charge in [-0.1, -0.05) is 125 Å². The lowest BCUT2D eigenvalue weighted by molar-refractivity contribution is 0.0539. The molecule has 0 radical (unpaired) electrons. The van der Waals surface area contributed by atoms with Gasteiger partial charge in [-0.05, 0) is 296 Å². The molecule has 15 aromatic rings. The molecule has 5 unspecified atom stereocenters. The number of hydrogen-bond donors (Lipinski definition) is 5. The Morgan fingerprint density at radius 2 is 0.695 bits per heavy atom. The van der Waals surface area contributed by atoms with E-state index in [0.717, 1.165) is 75.3 Å². The lowest BCUT2D eigenvalue weighted by Gasteiger charge is -2.37. The van der Waals surface area contributed by atoms with Crippen LogP contribution in [0, 0.1) is 6.92 Å². The van der Waals surface area contributed by atoms with E-state index in [1.54, 1.807) is 288 Å². The third kappa shape index (κ3) is 27.2. The lowest BCUT2D eigenvalue weighted by atomic mass is 9.99. The van der Waals surface area contributed by atoms with Crippen LogP contribution in [0.5, 0.6) is 57.5 Å². The topological polar surface area (TPSA) is 280 Å². The maximum Gasteiger partial charge on any atom is 0.254 e. The summed E-state index contributed by atoms with van der Waals surface area (Å²) in [6.45, 7) is 7.31. The summed E-state index contributed by atoms with van der Waals surface area (Å²) in [6.07, 6.45) is 6.79. The van der Waals surface area contributed by atoms with Gasteiger partial charge in [-0.3, -0.25) is 24.0 Å². The number of ether oxygens (including phenoxy) is 5. The maximum absolute atomic E-state index is 13.2. The van der Waals surface area contributed by atoms with Crippen LogP contribution < -0.4 is 23.7 Å². The van der Waals surface area contributed by atoms with Crippen molar-refractivity contribution in [3.8, 4) is 57.5 Å². The predicted molar refractivity (Wildman–Crippen MR) is 561 cm³/mol. The average Bonchev–Trinajstić information content (AvgIpc) is 1.74. The second kappa shape index (κ2) is 50.6. The van der Waals surface area contributed by atoms with Gasteiger partial charge < -0.3 is 82.7 Å². The number of rotatable bonds is 20. The van der Waals surface area contributed by atoms with Crippen LogP contribution in [-0.4, -0.2) is 155 Å². The zero-order valence-corrected chi connectivity index (χ0v) is 79.5. The number of phenols is 5. The molecule has 5 aromatic heterocycles. The minimum Gasteiger partial charge on any atom is -0.508 e. The number of aromatic nitrogens is 2. The van der Waals surface area contributed by atoms with Crippen molar-refractivity contribution in [2.45, 2.75) is 106 Å². The van der Waals surface area contributed by atoms with Gasteiger partial charge in [-0.15, -0.1) is 34.0 Å². The molecule has 5 atom stereocenters. The van der Waals surface area contributed by atoms with Crippen LogP contribution in [0.1, 0.15) is 173 Å². The monoisotopic (exact) mass is 2060 g/mol. The highest BCUT2D eigenvalue weighted by molar-refractivity contribution is 7.11. The number of phenolic OH excluding ortho intramolecular Hbond substituents is 5.